The molecule has 1 aliphatic heterocycles. The molecule has 0 aromatic heterocycles. The van der Waals surface area contributed by atoms with Gasteiger partial charge in [0, 0.05) is 38.4 Å². The van der Waals surface area contributed by atoms with Crippen molar-refractivity contribution >= 4 is 27.2 Å². The molecule has 0 saturated carbocycles. The summed E-state index contributed by atoms with van der Waals surface area (Å²) in [6.07, 6.45) is 4.94. The molecule has 10 heteroatoms. The molecule has 1 fully saturated rings. The Bertz CT molecular complexity index is 840. The molecule has 1 atom stereocenters. The SMILES string of the molecule is BC(c1cc(F)c(C(=N)N=N)c(N2CCN(C/C(N)=C/C=C\N)CC2)c1)C(B)(C)C. The molecule has 2 rings (SSSR count). The van der Waals surface area contributed by atoms with Gasteiger partial charge in [0.05, 0.1) is 11.3 Å². The molecule has 1 saturated heterocycles. The summed E-state index contributed by atoms with van der Waals surface area (Å²) < 4.78 is 15.1. The summed E-state index contributed by atoms with van der Waals surface area (Å²) in [4.78, 5) is 4.30. The maximum atomic E-state index is 15.1. The Morgan fingerprint density at radius 3 is 2.50 bits per heavy atom. The van der Waals surface area contributed by atoms with E-state index in [2.05, 4.69) is 44.5 Å². The number of hydrogen-bond acceptors (Lipinski definition) is 6. The molecule has 0 spiro atoms. The van der Waals surface area contributed by atoms with Crippen molar-refractivity contribution in [3.05, 3.63) is 53.1 Å². The highest BCUT2D eigenvalue weighted by atomic mass is 19.1. The van der Waals surface area contributed by atoms with Gasteiger partial charge in [0.15, 0.2) is 5.84 Å². The molecule has 30 heavy (non-hydrogen) atoms. The summed E-state index contributed by atoms with van der Waals surface area (Å²) in [5.74, 6) is -0.729. The molecule has 1 aromatic carbocycles. The first-order valence-electron chi connectivity index (χ1n) is 10.2. The maximum absolute atomic E-state index is 15.1. The smallest absolute Gasteiger partial charge is 0.178 e. The van der Waals surface area contributed by atoms with Crippen LogP contribution in [0, 0.1) is 16.8 Å². The van der Waals surface area contributed by atoms with E-state index in [-0.39, 0.29) is 22.5 Å². The third kappa shape index (κ3) is 5.72. The van der Waals surface area contributed by atoms with Gasteiger partial charge in [-0.2, -0.15) is 0 Å². The van der Waals surface area contributed by atoms with Gasteiger partial charge in [-0.3, -0.25) is 10.3 Å². The molecule has 160 valence electrons. The molecule has 0 radical (unpaired) electrons. The summed E-state index contributed by atoms with van der Waals surface area (Å²) in [5.41, 5.74) is 20.9. The molecule has 0 amide bonds. The standard InChI is InChI=1S/C20H32B2FN7/c1-20(2,22)18(21)13-10-15(23)17(19(26)28-27)16(11-13)30-8-6-29(7-9-30)12-14(25)4-3-5-24/h3-5,10-11,18,26-27H,6-9,12,21-22,24-25H2,1-2H3/b5-3-,14-4-,26-19?,28-27?. The van der Waals surface area contributed by atoms with Gasteiger partial charge in [-0.1, -0.05) is 19.2 Å². The molecule has 0 bridgehead atoms. The number of halogens is 1. The molecule has 7 nitrogen and oxygen atoms in total. The third-order valence-electron chi connectivity index (χ3n) is 5.78. The maximum Gasteiger partial charge on any atom is 0.178 e. The highest BCUT2D eigenvalue weighted by Gasteiger charge is 2.28. The van der Waals surface area contributed by atoms with Crippen LogP contribution in [0.2, 0.25) is 5.31 Å². The molecule has 0 aliphatic carbocycles. The molecule has 1 heterocycles. The average molecular weight is 411 g/mol. The van der Waals surface area contributed by atoms with Crippen molar-refractivity contribution in [2.45, 2.75) is 25.0 Å². The average Bonchev–Trinajstić information content (AvgIpc) is 2.70. The van der Waals surface area contributed by atoms with Crippen LogP contribution in [0.25, 0.3) is 0 Å². The number of nitrogens with zero attached hydrogens (tertiary/aromatic N) is 3. The Balaban J connectivity index is 2.30. The topological polar surface area (TPSA) is 119 Å². The first-order valence-corrected chi connectivity index (χ1v) is 10.2. The number of nitrogens with two attached hydrogens (primary N) is 2. The quantitative estimate of drug-likeness (QED) is 0.177. The number of benzene rings is 1. The number of rotatable bonds is 7. The van der Waals surface area contributed by atoms with E-state index in [9.17, 15) is 0 Å². The lowest BCUT2D eigenvalue weighted by atomic mass is 9.54. The van der Waals surface area contributed by atoms with Crippen LogP contribution >= 0.6 is 0 Å². The molecular weight excluding hydrogens is 379 g/mol. The number of amidine groups is 1. The van der Waals surface area contributed by atoms with Crippen molar-refractivity contribution in [1.82, 2.24) is 4.90 Å². The fourth-order valence-electron chi connectivity index (χ4n) is 3.54. The lowest BCUT2D eigenvalue weighted by Gasteiger charge is -2.37. The summed E-state index contributed by atoms with van der Waals surface area (Å²) in [7, 11) is 4.21. The second kappa shape index (κ2) is 9.93. The Labute approximate surface area is 180 Å². The van der Waals surface area contributed by atoms with Crippen LogP contribution in [0.4, 0.5) is 10.1 Å². The second-order valence-electron chi connectivity index (χ2n) is 8.83. The van der Waals surface area contributed by atoms with Crippen LogP contribution in [0.3, 0.4) is 0 Å². The summed E-state index contributed by atoms with van der Waals surface area (Å²) in [6, 6.07) is 3.45. The highest BCUT2D eigenvalue weighted by molar-refractivity contribution is 6.24. The van der Waals surface area contributed by atoms with Crippen molar-refractivity contribution in [2.75, 3.05) is 37.6 Å². The van der Waals surface area contributed by atoms with Crippen molar-refractivity contribution in [3.63, 3.8) is 0 Å². The van der Waals surface area contributed by atoms with Crippen molar-refractivity contribution in [2.24, 2.45) is 16.6 Å². The van der Waals surface area contributed by atoms with Crippen LogP contribution in [0.1, 0.15) is 30.8 Å². The zero-order chi connectivity index (χ0) is 22.5. The molecule has 6 N–H and O–H groups in total. The lowest BCUT2D eigenvalue weighted by molar-refractivity contribution is 0.277. The summed E-state index contributed by atoms with van der Waals surface area (Å²) >= 11 is 0. The Kier molecular flexibility index (Phi) is 7.83. The minimum Gasteiger partial charge on any atom is -0.405 e. The number of allylic oxidation sites excluding steroid dienone is 2. The van der Waals surface area contributed by atoms with Gasteiger partial charge in [0.25, 0.3) is 0 Å². The van der Waals surface area contributed by atoms with Gasteiger partial charge in [-0.15, -0.1) is 5.11 Å². The van der Waals surface area contributed by atoms with E-state index >= 15 is 4.39 Å². The van der Waals surface area contributed by atoms with Crippen LogP contribution < -0.4 is 16.4 Å². The van der Waals surface area contributed by atoms with Crippen molar-refractivity contribution in [3.8, 4) is 0 Å². The van der Waals surface area contributed by atoms with Gasteiger partial charge in [-0.25, -0.2) is 9.92 Å². The molecule has 1 aromatic rings. The predicted molar refractivity (Wildman–Crippen MR) is 126 cm³/mol. The molecule has 1 aliphatic rings. The lowest BCUT2D eigenvalue weighted by Crippen LogP contribution is -2.47. The number of hydrogen-bond donors (Lipinski definition) is 4. The summed E-state index contributed by atoms with van der Waals surface area (Å²) in [5, 5.41) is 11.2. The van der Waals surface area contributed by atoms with Crippen LogP contribution in [-0.2, 0) is 0 Å². The number of piperazine rings is 1. The number of nitrogens with one attached hydrogen (secondary N) is 2. The zero-order valence-electron chi connectivity index (χ0n) is 18.4. The van der Waals surface area contributed by atoms with E-state index in [4.69, 9.17) is 22.4 Å². The van der Waals surface area contributed by atoms with Gasteiger partial charge >= 0.3 is 0 Å². The Hall–Kier alpha value is -2.61. The summed E-state index contributed by atoms with van der Waals surface area (Å²) in [6.45, 7) is 7.75. The van der Waals surface area contributed by atoms with Gasteiger partial charge < -0.3 is 16.4 Å². The van der Waals surface area contributed by atoms with Gasteiger partial charge in [-0.05, 0) is 41.9 Å². The third-order valence-corrected chi connectivity index (χ3v) is 5.78. The van der Waals surface area contributed by atoms with E-state index in [0.717, 1.165) is 24.4 Å². The molecular formula is C20H32B2FN7. The number of anilines is 1. The van der Waals surface area contributed by atoms with Gasteiger partial charge in [0.1, 0.15) is 21.5 Å². The molecule has 1 unspecified atom stereocenters. The minimum atomic E-state index is -0.497. The first-order chi connectivity index (χ1) is 14.1. The van der Waals surface area contributed by atoms with E-state index in [1.807, 2.05) is 6.07 Å². The normalized spacial score (nSPS) is 17.3. The van der Waals surface area contributed by atoms with E-state index in [1.165, 1.54) is 12.3 Å². The van der Waals surface area contributed by atoms with E-state index in [1.54, 1.807) is 12.2 Å². The zero-order valence-corrected chi connectivity index (χ0v) is 18.4. The van der Waals surface area contributed by atoms with E-state index in [0.29, 0.717) is 25.3 Å². The van der Waals surface area contributed by atoms with E-state index < -0.39 is 5.82 Å². The fraction of sp³-hybridized carbons (Fsp3) is 0.450. The minimum absolute atomic E-state index is 0.0287. The monoisotopic (exact) mass is 411 g/mol. The highest BCUT2D eigenvalue weighted by Crippen LogP contribution is 2.39. The fourth-order valence-corrected chi connectivity index (χ4v) is 3.54. The van der Waals surface area contributed by atoms with Crippen molar-refractivity contribution in [1.29, 1.82) is 10.9 Å². The largest absolute Gasteiger partial charge is 0.405 e. The van der Waals surface area contributed by atoms with Crippen LogP contribution in [-0.4, -0.2) is 59.2 Å². The van der Waals surface area contributed by atoms with Gasteiger partial charge in [0.2, 0.25) is 0 Å². The second-order valence-corrected chi connectivity index (χ2v) is 8.83. The van der Waals surface area contributed by atoms with Crippen LogP contribution in [0.15, 0.2) is 41.3 Å². The first kappa shape index (κ1) is 23.7. The van der Waals surface area contributed by atoms with Crippen LogP contribution in [0.5, 0.6) is 0 Å². The Morgan fingerprint density at radius 1 is 1.33 bits per heavy atom. The Morgan fingerprint density at radius 2 is 1.97 bits per heavy atom. The predicted octanol–water partition coefficient (Wildman–Crippen LogP) is 1.12. The van der Waals surface area contributed by atoms with Crippen molar-refractivity contribution < 1.29 is 4.39 Å².